The molecule has 2 nitrogen and oxygen atoms in total. The molecule has 152 valence electrons. The van der Waals surface area contributed by atoms with Crippen LogP contribution in [0.15, 0.2) is 0 Å². The fraction of sp³-hybridized carbons (Fsp3) is 1.00. The van der Waals surface area contributed by atoms with Crippen LogP contribution in [0.5, 0.6) is 0 Å². The van der Waals surface area contributed by atoms with E-state index in [2.05, 4.69) is 34.6 Å². The summed E-state index contributed by atoms with van der Waals surface area (Å²) in [4.78, 5) is 0. The maximum absolute atomic E-state index is 9.94. The van der Waals surface area contributed by atoms with Gasteiger partial charge < -0.3 is 10.2 Å². The molecule has 3 fully saturated rings. The Kier molecular flexibility index (Phi) is 5.37. The second-order valence-corrected chi connectivity index (χ2v) is 11.7. The summed E-state index contributed by atoms with van der Waals surface area (Å²) in [6.07, 6.45) is 11.0. The molecular formula is C24H44O2. The van der Waals surface area contributed by atoms with Crippen molar-refractivity contribution < 1.29 is 10.2 Å². The van der Waals surface area contributed by atoms with Crippen LogP contribution in [0, 0.1) is 39.4 Å². The van der Waals surface area contributed by atoms with Gasteiger partial charge in [-0.3, -0.25) is 0 Å². The molecule has 3 rings (SSSR count). The Morgan fingerprint density at radius 3 is 2.27 bits per heavy atom. The number of hydrogen-bond donors (Lipinski definition) is 2. The van der Waals surface area contributed by atoms with Gasteiger partial charge in [0.25, 0.3) is 0 Å². The van der Waals surface area contributed by atoms with Crippen LogP contribution in [0.4, 0.5) is 0 Å². The summed E-state index contributed by atoms with van der Waals surface area (Å²) < 4.78 is 0. The highest BCUT2D eigenvalue weighted by atomic mass is 16.3. The molecule has 0 heterocycles. The molecule has 0 saturated heterocycles. The van der Waals surface area contributed by atoms with Crippen LogP contribution in [0.2, 0.25) is 0 Å². The molecule has 0 aromatic rings. The lowest BCUT2D eigenvalue weighted by Gasteiger charge is -2.69. The van der Waals surface area contributed by atoms with Crippen LogP contribution in [0.3, 0.4) is 0 Å². The maximum Gasteiger partial charge on any atom is 0.0512 e. The molecule has 0 aliphatic heterocycles. The summed E-state index contributed by atoms with van der Waals surface area (Å²) in [7, 11) is 0. The molecule has 0 bridgehead atoms. The van der Waals surface area contributed by atoms with Crippen molar-refractivity contribution in [3.8, 4) is 0 Å². The fourth-order valence-corrected chi connectivity index (χ4v) is 7.74. The van der Waals surface area contributed by atoms with Gasteiger partial charge in [0.15, 0.2) is 0 Å². The van der Waals surface area contributed by atoms with Crippen LogP contribution < -0.4 is 0 Å². The highest BCUT2D eigenvalue weighted by Crippen LogP contribution is 2.72. The number of aliphatic hydroxyl groups excluding tert-OH is 2. The van der Waals surface area contributed by atoms with Gasteiger partial charge in [0, 0.05) is 6.61 Å². The predicted octanol–water partition coefficient (Wildman–Crippen LogP) is 5.80. The quantitative estimate of drug-likeness (QED) is 0.661. The second kappa shape index (κ2) is 6.76. The van der Waals surface area contributed by atoms with Gasteiger partial charge in [0.05, 0.1) is 6.10 Å². The minimum Gasteiger partial charge on any atom is -0.396 e. The van der Waals surface area contributed by atoms with Gasteiger partial charge in [0.1, 0.15) is 0 Å². The topological polar surface area (TPSA) is 40.5 Å². The monoisotopic (exact) mass is 364 g/mol. The highest BCUT2D eigenvalue weighted by Gasteiger charge is 2.64. The normalized spacial score (nSPS) is 52.8. The third-order valence-corrected chi connectivity index (χ3v) is 10.3. The van der Waals surface area contributed by atoms with Crippen molar-refractivity contribution >= 4 is 0 Å². The average Bonchev–Trinajstić information content (AvgIpc) is 2.59. The van der Waals surface area contributed by atoms with E-state index in [1.165, 1.54) is 51.4 Å². The van der Waals surface area contributed by atoms with Crippen LogP contribution in [0.25, 0.3) is 0 Å². The smallest absolute Gasteiger partial charge is 0.0512 e. The summed E-state index contributed by atoms with van der Waals surface area (Å²) >= 11 is 0. The fourth-order valence-electron chi connectivity index (χ4n) is 7.74. The molecule has 0 radical (unpaired) electrons. The van der Waals surface area contributed by atoms with Crippen molar-refractivity contribution in [1.29, 1.82) is 0 Å². The largest absolute Gasteiger partial charge is 0.396 e. The molecule has 8 atom stereocenters. The minimum atomic E-state index is -0.181. The first-order valence-electron chi connectivity index (χ1n) is 11.3. The van der Waals surface area contributed by atoms with Gasteiger partial charge in [-0.2, -0.15) is 0 Å². The first-order chi connectivity index (χ1) is 12.0. The molecule has 0 aromatic carbocycles. The summed E-state index contributed by atoms with van der Waals surface area (Å²) in [6.45, 7) is 14.8. The van der Waals surface area contributed by atoms with E-state index >= 15 is 0 Å². The molecule has 0 aromatic heterocycles. The van der Waals surface area contributed by atoms with Crippen molar-refractivity contribution in [3.63, 3.8) is 0 Å². The van der Waals surface area contributed by atoms with Crippen molar-refractivity contribution in [2.24, 2.45) is 39.4 Å². The molecule has 3 aliphatic rings. The molecule has 2 heteroatoms. The van der Waals surface area contributed by atoms with Crippen LogP contribution in [0.1, 0.15) is 99.3 Å². The Hall–Kier alpha value is -0.0800. The Balaban J connectivity index is 1.91. The first-order valence-corrected chi connectivity index (χ1v) is 11.3. The molecule has 2 N–H and O–H groups in total. The number of aliphatic hydroxyl groups is 2. The highest BCUT2D eigenvalue weighted by molar-refractivity contribution is 5.13. The van der Waals surface area contributed by atoms with Crippen LogP contribution in [-0.2, 0) is 0 Å². The summed E-state index contributed by atoms with van der Waals surface area (Å²) in [6, 6.07) is 0. The summed E-state index contributed by atoms with van der Waals surface area (Å²) in [5.41, 5.74) is 1.32. The zero-order chi connectivity index (χ0) is 19.4. The maximum atomic E-state index is 9.94. The summed E-state index contributed by atoms with van der Waals surface area (Å²) in [5, 5.41) is 19.9. The molecule has 26 heavy (non-hydrogen) atoms. The van der Waals surface area contributed by atoms with Crippen LogP contribution in [-0.4, -0.2) is 22.9 Å². The Morgan fingerprint density at radius 2 is 1.65 bits per heavy atom. The van der Waals surface area contributed by atoms with Crippen molar-refractivity contribution in [2.75, 3.05) is 6.61 Å². The van der Waals surface area contributed by atoms with Gasteiger partial charge in [-0.1, -0.05) is 34.6 Å². The van der Waals surface area contributed by atoms with E-state index in [-0.39, 0.29) is 11.5 Å². The number of rotatable bonds is 4. The zero-order valence-electron chi connectivity index (χ0n) is 18.3. The van der Waals surface area contributed by atoms with Crippen LogP contribution >= 0.6 is 0 Å². The zero-order valence-corrected chi connectivity index (χ0v) is 18.3. The Labute approximate surface area is 162 Å². The van der Waals surface area contributed by atoms with Gasteiger partial charge in [0.2, 0.25) is 0 Å². The van der Waals surface area contributed by atoms with E-state index in [1.54, 1.807) is 0 Å². The molecule has 0 amide bonds. The van der Waals surface area contributed by atoms with E-state index in [9.17, 15) is 10.2 Å². The van der Waals surface area contributed by atoms with E-state index in [0.29, 0.717) is 22.9 Å². The second-order valence-electron chi connectivity index (χ2n) is 11.7. The summed E-state index contributed by atoms with van der Waals surface area (Å²) in [5.74, 6) is 2.30. The Bertz CT molecular complexity index is 516. The predicted molar refractivity (Wildman–Crippen MR) is 109 cm³/mol. The molecule has 7 unspecified atom stereocenters. The Morgan fingerprint density at radius 1 is 0.962 bits per heavy atom. The molecule has 3 aliphatic carbocycles. The van der Waals surface area contributed by atoms with Gasteiger partial charge in [-0.25, -0.2) is 0 Å². The SMILES string of the molecule is CC(O)CCC1(C)C(C)CCC2(C)C1CCC1CC(C)(CO)CC[C@]12C. The minimum absolute atomic E-state index is 0.144. The number of fused-ring (bicyclic) bond motifs is 3. The van der Waals surface area contributed by atoms with Crippen molar-refractivity contribution in [1.82, 2.24) is 0 Å². The first kappa shape index (κ1) is 20.6. The average molecular weight is 365 g/mol. The van der Waals surface area contributed by atoms with Gasteiger partial charge in [-0.15, -0.1) is 0 Å². The lowest BCUT2D eigenvalue weighted by Crippen LogP contribution is -2.61. The van der Waals surface area contributed by atoms with Crippen molar-refractivity contribution in [2.45, 2.75) is 105 Å². The third kappa shape index (κ3) is 2.98. The van der Waals surface area contributed by atoms with E-state index in [0.717, 1.165) is 24.2 Å². The van der Waals surface area contributed by atoms with Gasteiger partial charge in [-0.05, 0) is 104 Å². The third-order valence-electron chi connectivity index (χ3n) is 10.3. The van der Waals surface area contributed by atoms with E-state index in [1.807, 2.05) is 6.92 Å². The standard InChI is InChI=1S/C24H44O2/c1-17-9-12-24(6)20(22(17,4)11-10-18(2)26)8-7-19-15-21(3,16-25)13-14-23(19,24)5/h17-20,25-26H,7-16H2,1-6H3/t17?,18?,19?,20?,21?,22?,23-,24?/m1/s1. The van der Waals surface area contributed by atoms with Crippen molar-refractivity contribution in [3.05, 3.63) is 0 Å². The lowest BCUT2D eigenvalue weighted by atomic mass is 9.36. The molecular weight excluding hydrogens is 320 g/mol. The van der Waals surface area contributed by atoms with E-state index in [4.69, 9.17) is 0 Å². The van der Waals surface area contributed by atoms with E-state index < -0.39 is 0 Å². The molecule has 3 saturated carbocycles. The lowest BCUT2D eigenvalue weighted by molar-refractivity contribution is -0.202. The van der Waals surface area contributed by atoms with Gasteiger partial charge >= 0.3 is 0 Å². The number of hydrogen-bond acceptors (Lipinski definition) is 2. The molecule has 0 spiro atoms.